The maximum Gasteiger partial charge on any atom is 0.320 e. The fraction of sp³-hybridized carbons (Fsp3) is 0.870. The van der Waals surface area contributed by atoms with Gasteiger partial charge in [-0.1, -0.05) is 31.4 Å². The second-order valence-corrected chi connectivity index (χ2v) is 9.29. The van der Waals surface area contributed by atoms with Crippen molar-refractivity contribution in [1.29, 1.82) is 0 Å². The minimum atomic E-state index is -0.299. The van der Waals surface area contributed by atoms with Crippen LogP contribution in [0.5, 0.6) is 0 Å². The smallest absolute Gasteiger partial charge is 0.320 e. The van der Waals surface area contributed by atoms with Crippen LogP contribution in [0.2, 0.25) is 0 Å². The molecule has 3 aliphatic rings. The Kier molecular flexibility index (Phi) is 7.41. The number of nitrogens with one attached hydrogen (secondary N) is 1. The number of hydrogen-bond acceptors (Lipinski definition) is 6. The highest BCUT2D eigenvalue weighted by Crippen LogP contribution is 2.59. The summed E-state index contributed by atoms with van der Waals surface area (Å²) in [6.07, 6.45) is 7.90. The van der Waals surface area contributed by atoms with E-state index < -0.39 is 0 Å². The third-order valence-electron chi connectivity index (χ3n) is 6.75. The van der Waals surface area contributed by atoms with Gasteiger partial charge >= 0.3 is 5.97 Å². The minimum absolute atomic E-state index is 0.0691. The van der Waals surface area contributed by atoms with Gasteiger partial charge in [0, 0.05) is 7.11 Å². The van der Waals surface area contributed by atoms with Crippen molar-refractivity contribution in [1.82, 2.24) is 5.32 Å². The van der Waals surface area contributed by atoms with E-state index in [1.54, 1.807) is 7.11 Å². The Morgan fingerprint density at radius 2 is 2.07 bits per heavy atom. The van der Waals surface area contributed by atoms with Crippen LogP contribution < -0.4 is 5.32 Å². The first-order valence-electron chi connectivity index (χ1n) is 11.2. The lowest BCUT2D eigenvalue weighted by atomic mass is 9.68. The van der Waals surface area contributed by atoms with Crippen LogP contribution in [0.4, 0.5) is 0 Å². The van der Waals surface area contributed by atoms with Gasteiger partial charge in [0.25, 0.3) is 0 Å². The van der Waals surface area contributed by atoms with E-state index in [9.17, 15) is 4.79 Å². The van der Waals surface area contributed by atoms with Gasteiger partial charge in [0.1, 0.15) is 23.4 Å². The van der Waals surface area contributed by atoms with Gasteiger partial charge in [-0.25, -0.2) is 0 Å². The van der Waals surface area contributed by atoms with Gasteiger partial charge < -0.3 is 24.3 Å². The largest absolute Gasteiger partial charge is 0.459 e. The third kappa shape index (κ3) is 5.22. The number of carbonyl (C=O) groups excluding carboxylic acids is 1. The number of unbranched alkanes of at least 4 members (excludes halogenated alkanes) is 2. The van der Waals surface area contributed by atoms with Gasteiger partial charge in [0.15, 0.2) is 0 Å². The fourth-order valence-electron chi connectivity index (χ4n) is 4.97. The summed E-state index contributed by atoms with van der Waals surface area (Å²) >= 11 is 0. The molecule has 6 atom stereocenters. The second kappa shape index (κ2) is 9.46. The molecule has 0 aromatic carbocycles. The number of epoxide rings is 2. The van der Waals surface area contributed by atoms with E-state index in [-0.39, 0.29) is 47.9 Å². The summed E-state index contributed by atoms with van der Waals surface area (Å²) in [6.45, 7) is 10.4. The highest BCUT2D eigenvalue weighted by molar-refractivity contribution is 5.71. The highest BCUT2D eigenvalue weighted by atomic mass is 16.6. The predicted molar refractivity (Wildman–Crippen MR) is 112 cm³/mol. The lowest BCUT2D eigenvalue weighted by molar-refractivity contribution is -0.170. The zero-order valence-electron chi connectivity index (χ0n) is 18.8. The first-order valence-corrected chi connectivity index (χ1v) is 11.2. The van der Waals surface area contributed by atoms with Crippen LogP contribution in [0.25, 0.3) is 0 Å². The van der Waals surface area contributed by atoms with Crippen molar-refractivity contribution in [3.05, 3.63) is 11.6 Å². The molecule has 0 bridgehead atoms. The average Bonchev–Trinajstić information content (AvgIpc) is 3.59. The number of carbonyl (C=O) groups is 1. The number of ether oxygens (including phenoxy) is 4. The zero-order chi connectivity index (χ0) is 21.1. The fourth-order valence-corrected chi connectivity index (χ4v) is 4.97. The molecule has 2 saturated heterocycles. The Bertz CT molecular complexity index is 598. The number of methoxy groups -OCH3 is 1. The van der Waals surface area contributed by atoms with Gasteiger partial charge in [-0.15, -0.1) is 0 Å². The summed E-state index contributed by atoms with van der Waals surface area (Å²) in [5.74, 6) is -0.137. The normalized spacial score (nSPS) is 38.0. The van der Waals surface area contributed by atoms with Gasteiger partial charge in [-0.05, 0) is 53.0 Å². The van der Waals surface area contributed by atoms with Crippen LogP contribution in [0.3, 0.4) is 0 Å². The summed E-state index contributed by atoms with van der Waals surface area (Å²) in [5.41, 5.74) is 0.814. The summed E-state index contributed by atoms with van der Waals surface area (Å²) < 4.78 is 23.9. The van der Waals surface area contributed by atoms with Gasteiger partial charge in [0.05, 0.1) is 25.2 Å². The molecule has 1 saturated carbocycles. The van der Waals surface area contributed by atoms with E-state index in [2.05, 4.69) is 39.1 Å². The van der Waals surface area contributed by atoms with Crippen LogP contribution in [-0.2, 0) is 23.7 Å². The zero-order valence-corrected chi connectivity index (χ0v) is 18.8. The summed E-state index contributed by atoms with van der Waals surface area (Å²) in [7, 11) is 1.71. The molecule has 0 aromatic rings. The Morgan fingerprint density at radius 1 is 1.31 bits per heavy atom. The number of esters is 1. The second-order valence-electron chi connectivity index (χ2n) is 9.29. The quantitative estimate of drug-likeness (QED) is 0.244. The molecule has 6 nitrogen and oxygen atoms in total. The molecule has 166 valence electrons. The van der Waals surface area contributed by atoms with Crippen molar-refractivity contribution in [3.63, 3.8) is 0 Å². The first kappa shape index (κ1) is 22.7. The monoisotopic (exact) mass is 409 g/mol. The molecule has 1 aliphatic carbocycles. The van der Waals surface area contributed by atoms with E-state index in [0.717, 1.165) is 38.8 Å². The van der Waals surface area contributed by atoms with E-state index in [1.807, 2.05) is 0 Å². The molecule has 3 fully saturated rings. The van der Waals surface area contributed by atoms with E-state index in [1.165, 1.54) is 18.4 Å². The molecule has 2 heterocycles. The Morgan fingerprint density at radius 3 is 2.69 bits per heavy atom. The lowest BCUT2D eigenvalue weighted by Gasteiger charge is -2.42. The SMILES string of the molecule is CCCCCNCC(=O)O[C@@H]1CC[C@]2(CO2)[C@@H]([C@]2(C)O[C@@H]2CC=C(C)C)[C@@H]1OC. The van der Waals surface area contributed by atoms with Crippen LogP contribution in [0, 0.1) is 5.92 Å². The van der Waals surface area contributed by atoms with Gasteiger partial charge in [0.2, 0.25) is 0 Å². The highest BCUT2D eigenvalue weighted by Gasteiger charge is 2.72. The summed E-state index contributed by atoms with van der Waals surface area (Å²) in [4.78, 5) is 12.4. The molecule has 2 aliphatic heterocycles. The molecule has 1 spiro atoms. The Labute approximate surface area is 175 Å². The van der Waals surface area contributed by atoms with Crippen LogP contribution in [0.1, 0.15) is 66.2 Å². The van der Waals surface area contributed by atoms with Crippen LogP contribution >= 0.6 is 0 Å². The molecule has 3 rings (SSSR count). The topological polar surface area (TPSA) is 72.6 Å². The molecular formula is C23H39NO5. The van der Waals surface area contributed by atoms with Crippen molar-refractivity contribution in [3.8, 4) is 0 Å². The van der Waals surface area contributed by atoms with E-state index in [4.69, 9.17) is 18.9 Å². The first-order chi connectivity index (χ1) is 13.9. The summed E-state index contributed by atoms with van der Waals surface area (Å²) in [6, 6.07) is 0. The van der Waals surface area contributed by atoms with Gasteiger partial charge in [-0.2, -0.15) is 0 Å². The summed E-state index contributed by atoms with van der Waals surface area (Å²) in [5, 5.41) is 3.19. The van der Waals surface area contributed by atoms with Crippen molar-refractivity contribution in [2.75, 3.05) is 26.8 Å². The number of rotatable bonds is 11. The van der Waals surface area contributed by atoms with E-state index >= 15 is 0 Å². The molecule has 29 heavy (non-hydrogen) atoms. The minimum Gasteiger partial charge on any atom is -0.459 e. The third-order valence-corrected chi connectivity index (χ3v) is 6.75. The molecule has 0 unspecified atom stereocenters. The predicted octanol–water partition coefficient (Wildman–Crippen LogP) is 3.39. The molecule has 0 radical (unpaired) electrons. The van der Waals surface area contributed by atoms with Crippen molar-refractivity contribution >= 4 is 5.97 Å². The van der Waals surface area contributed by atoms with Crippen LogP contribution in [-0.4, -0.2) is 62.3 Å². The van der Waals surface area contributed by atoms with Gasteiger partial charge in [-0.3, -0.25) is 4.79 Å². The standard InChI is InChI=1S/C23H39NO5/c1-6-7-8-13-24-14-19(25)28-17-11-12-23(15-27-23)21(20(17)26-5)22(4)18(29-22)10-9-16(2)3/h9,17-18,20-21,24H,6-8,10-15H2,1-5H3/t17-,18-,20-,21-,22-,23+/m1/s1. The maximum absolute atomic E-state index is 12.4. The van der Waals surface area contributed by atoms with Crippen molar-refractivity contribution < 1.29 is 23.7 Å². The molecule has 0 aromatic heterocycles. The number of allylic oxidation sites excluding steroid dienone is 1. The molecule has 0 amide bonds. The van der Waals surface area contributed by atoms with Crippen LogP contribution in [0.15, 0.2) is 11.6 Å². The van der Waals surface area contributed by atoms with Crippen molar-refractivity contribution in [2.24, 2.45) is 5.92 Å². The van der Waals surface area contributed by atoms with Crippen molar-refractivity contribution in [2.45, 2.75) is 95.7 Å². The maximum atomic E-state index is 12.4. The van der Waals surface area contributed by atoms with E-state index in [0.29, 0.717) is 0 Å². The number of hydrogen-bond donors (Lipinski definition) is 1. The molecule has 6 heteroatoms. The lowest BCUT2D eigenvalue weighted by Crippen LogP contribution is -2.56. The molecule has 1 N–H and O–H groups in total. The molecular weight excluding hydrogens is 370 g/mol. The Balaban J connectivity index is 1.60. The average molecular weight is 410 g/mol. The Hall–Kier alpha value is -0.950.